The molecular formula is C33H48F3N2O4PS. The summed E-state index contributed by atoms with van der Waals surface area (Å²) < 4.78 is 75.1. The van der Waals surface area contributed by atoms with E-state index in [4.69, 9.17) is 4.52 Å². The number of hydrogen-bond donors (Lipinski definition) is 1. The number of benzene rings is 1. The highest BCUT2D eigenvalue weighted by atomic mass is 32.2. The van der Waals surface area contributed by atoms with Crippen LogP contribution in [0.2, 0.25) is 0 Å². The summed E-state index contributed by atoms with van der Waals surface area (Å²) in [6.45, 7) is 9.40. The molecule has 4 fully saturated rings. The Morgan fingerprint density at radius 3 is 2.45 bits per heavy atom. The Labute approximate surface area is 263 Å². The van der Waals surface area contributed by atoms with E-state index >= 15 is 0 Å². The summed E-state index contributed by atoms with van der Waals surface area (Å²) in [6.07, 6.45) is 5.68. The van der Waals surface area contributed by atoms with Crippen LogP contribution >= 0.6 is 9.47 Å². The summed E-state index contributed by atoms with van der Waals surface area (Å²) in [5.41, 5.74) is -1.69. The number of alkyl halides is 3. The number of sulfonamides is 1. The van der Waals surface area contributed by atoms with E-state index in [9.17, 15) is 26.7 Å². The third-order valence-corrected chi connectivity index (χ3v) is 15.1. The zero-order valence-electron chi connectivity index (χ0n) is 26.3. The molecule has 1 aliphatic heterocycles. The Bertz CT molecular complexity index is 1410. The zero-order valence-corrected chi connectivity index (χ0v) is 28.3. The molecule has 1 aromatic carbocycles. The van der Waals surface area contributed by atoms with E-state index in [-0.39, 0.29) is 23.4 Å². The predicted octanol–water partition coefficient (Wildman–Crippen LogP) is 6.86. The Morgan fingerprint density at radius 2 is 1.75 bits per heavy atom. The molecular weight excluding hydrogens is 608 g/mol. The van der Waals surface area contributed by atoms with Gasteiger partial charge in [-0.3, -0.25) is 4.90 Å². The number of halogens is 3. The van der Waals surface area contributed by atoms with Crippen molar-refractivity contribution >= 4 is 19.5 Å². The van der Waals surface area contributed by atoms with E-state index in [1.54, 1.807) is 6.92 Å². The molecule has 11 heteroatoms. The topological polar surface area (TPSA) is 70.1 Å². The fraction of sp³-hybridized carbons (Fsp3) is 0.758. The van der Waals surface area contributed by atoms with E-state index in [0.29, 0.717) is 43.2 Å². The van der Waals surface area contributed by atoms with Crippen molar-refractivity contribution in [3.8, 4) is 0 Å². The molecule has 1 saturated heterocycles. The predicted molar refractivity (Wildman–Crippen MR) is 167 cm³/mol. The first-order valence-electron chi connectivity index (χ1n) is 16.3. The fourth-order valence-corrected chi connectivity index (χ4v) is 12.6. The third-order valence-electron chi connectivity index (χ3n) is 12.8. The van der Waals surface area contributed by atoms with Crippen LogP contribution in [0.15, 0.2) is 41.0 Å². The average Bonchev–Trinajstić information content (AvgIpc) is 3.31. The van der Waals surface area contributed by atoms with Crippen molar-refractivity contribution in [3.05, 3.63) is 41.7 Å². The number of aliphatic hydroxyl groups is 1. The number of allylic oxidation sites excluding steroid dienone is 2. The lowest BCUT2D eigenvalue weighted by Crippen LogP contribution is -2.62. The molecule has 1 heterocycles. The first-order chi connectivity index (χ1) is 20.5. The summed E-state index contributed by atoms with van der Waals surface area (Å²) in [6, 6.07) is 3.64. The number of β-amino-alcohol motifs (C(OH)–C–C–N with tert-alkyl or cyclic N) is 1. The van der Waals surface area contributed by atoms with Gasteiger partial charge in [0.05, 0.1) is 25.5 Å². The Kier molecular flexibility index (Phi) is 8.34. The molecule has 246 valence electrons. The number of fused-ring (bicyclic) bond motifs is 5. The molecule has 3 unspecified atom stereocenters. The van der Waals surface area contributed by atoms with Gasteiger partial charge in [0.25, 0.3) is 0 Å². The molecule has 3 saturated carbocycles. The smallest absolute Gasteiger partial charge is 0.417 e. The molecule has 0 bridgehead atoms. The van der Waals surface area contributed by atoms with Crippen molar-refractivity contribution in [2.45, 2.75) is 108 Å². The zero-order chi connectivity index (χ0) is 31.9. The third kappa shape index (κ3) is 5.27. The van der Waals surface area contributed by atoms with Crippen LogP contribution in [-0.4, -0.2) is 60.0 Å². The van der Waals surface area contributed by atoms with Gasteiger partial charge in [-0.25, -0.2) is 8.42 Å². The largest absolute Gasteiger partial charge is 0.484 e. The normalized spacial score (nSPS) is 41.8. The van der Waals surface area contributed by atoms with Crippen LogP contribution in [0.4, 0.5) is 13.2 Å². The van der Waals surface area contributed by atoms with Gasteiger partial charge in [0.1, 0.15) is 5.76 Å². The van der Waals surface area contributed by atoms with Crippen LogP contribution in [0, 0.1) is 34.5 Å². The summed E-state index contributed by atoms with van der Waals surface area (Å²) in [7, 11) is -1.92. The maximum atomic E-state index is 13.7. The second kappa shape index (κ2) is 11.2. The van der Waals surface area contributed by atoms with Crippen LogP contribution in [0.5, 0.6) is 0 Å². The molecule has 0 radical (unpaired) electrons. The molecule has 5 aliphatic rings. The highest BCUT2D eigenvalue weighted by molar-refractivity contribution is 7.89. The average molecular weight is 657 g/mol. The van der Waals surface area contributed by atoms with Crippen LogP contribution < -0.4 is 0 Å². The molecule has 10 atom stereocenters. The van der Waals surface area contributed by atoms with Crippen LogP contribution in [0.25, 0.3) is 0 Å². The van der Waals surface area contributed by atoms with Crippen molar-refractivity contribution in [2.24, 2.45) is 34.5 Å². The Hall–Kier alpha value is -1.19. The van der Waals surface area contributed by atoms with Gasteiger partial charge in [-0.15, -0.1) is 0 Å². The molecule has 1 aromatic rings. The van der Waals surface area contributed by atoms with E-state index < -0.39 is 38.3 Å². The second-order valence-electron chi connectivity index (χ2n) is 15.2. The minimum Gasteiger partial charge on any atom is -0.484 e. The van der Waals surface area contributed by atoms with Crippen molar-refractivity contribution in [1.82, 2.24) is 9.21 Å². The molecule has 4 aliphatic carbocycles. The molecule has 44 heavy (non-hydrogen) atoms. The molecule has 0 amide bonds. The maximum Gasteiger partial charge on any atom is 0.417 e. The molecule has 0 aromatic heterocycles. The molecule has 1 N–H and O–H groups in total. The van der Waals surface area contributed by atoms with Gasteiger partial charge in [-0.05, 0) is 113 Å². The lowest BCUT2D eigenvalue weighted by molar-refractivity contribution is -0.155. The van der Waals surface area contributed by atoms with Crippen LogP contribution in [0.3, 0.4) is 0 Å². The fourth-order valence-electron chi connectivity index (χ4n) is 10.3. The van der Waals surface area contributed by atoms with E-state index in [0.717, 1.165) is 50.0 Å². The summed E-state index contributed by atoms with van der Waals surface area (Å²) >= 11 is 0. The monoisotopic (exact) mass is 656 g/mol. The van der Waals surface area contributed by atoms with Crippen molar-refractivity contribution < 1.29 is 31.2 Å². The minimum absolute atomic E-state index is 0.0762. The molecule has 6 rings (SSSR count). The van der Waals surface area contributed by atoms with Gasteiger partial charge in [-0.1, -0.05) is 26.0 Å². The first-order valence-corrected chi connectivity index (χ1v) is 18.2. The standard InChI is InChI=1S/C33H48F3N2O4PS/c1-21-19-38(44(40,41)28-8-6-5-7-27(28)33(34,35)36)22(2)18-37(21)20-32(39)16-15-30(3)23(17-32)9-10-24-25-11-12-29(42-43)31(25,4)14-13-26(24)30/h5-8,12,21-26,39H,9-11,13-20,43H2,1-4H3/t21?,22?,23-,24-,25-,26-,30-,31-,32+/m0/s1. The maximum absolute atomic E-state index is 13.7. The Morgan fingerprint density at radius 1 is 1.02 bits per heavy atom. The van der Waals surface area contributed by atoms with E-state index in [1.165, 1.54) is 29.3 Å². The van der Waals surface area contributed by atoms with Crippen LogP contribution in [-0.2, 0) is 20.7 Å². The molecule has 6 nitrogen and oxygen atoms in total. The SMILES string of the molecule is CC1CN(S(=O)(=O)c2ccccc2C(F)(F)F)C(C)CN1C[C@@]1(O)CC[C@@]2(C)[C@@H](CC[C@@H]3[C@@H]2CC[C@]2(C)C(OP)=CC[C@@H]32)C1. The van der Waals surface area contributed by atoms with E-state index in [1.807, 2.05) is 6.92 Å². The highest BCUT2D eigenvalue weighted by Gasteiger charge is 2.60. The minimum atomic E-state index is -4.77. The number of piperazine rings is 1. The summed E-state index contributed by atoms with van der Waals surface area (Å²) in [5, 5.41) is 12.0. The second-order valence-corrected chi connectivity index (χ2v) is 17.3. The quantitative estimate of drug-likeness (QED) is 0.351. The van der Waals surface area contributed by atoms with Crippen molar-refractivity contribution in [1.29, 1.82) is 0 Å². The lowest BCUT2D eigenvalue weighted by Gasteiger charge is -2.62. The highest BCUT2D eigenvalue weighted by Crippen LogP contribution is 2.67. The lowest BCUT2D eigenvalue weighted by atomic mass is 9.44. The van der Waals surface area contributed by atoms with Gasteiger partial charge in [0.15, 0.2) is 0 Å². The van der Waals surface area contributed by atoms with Gasteiger partial charge in [-0.2, -0.15) is 17.5 Å². The van der Waals surface area contributed by atoms with Crippen molar-refractivity contribution in [3.63, 3.8) is 0 Å². The van der Waals surface area contributed by atoms with Crippen LogP contribution in [0.1, 0.15) is 84.6 Å². The van der Waals surface area contributed by atoms with Crippen molar-refractivity contribution in [2.75, 3.05) is 19.6 Å². The number of nitrogens with zero attached hydrogens (tertiary/aromatic N) is 2. The van der Waals surface area contributed by atoms with Gasteiger partial charge >= 0.3 is 6.18 Å². The van der Waals surface area contributed by atoms with Gasteiger partial charge < -0.3 is 9.63 Å². The number of rotatable bonds is 5. The van der Waals surface area contributed by atoms with E-state index in [2.05, 4.69) is 34.3 Å². The number of hydrogen-bond acceptors (Lipinski definition) is 5. The van der Waals surface area contributed by atoms with Gasteiger partial charge in [0, 0.05) is 37.1 Å². The Balaban J connectivity index is 1.13. The van der Waals surface area contributed by atoms with Gasteiger partial charge in [0.2, 0.25) is 10.0 Å². The first kappa shape index (κ1) is 32.7. The summed E-state index contributed by atoms with van der Waals surface area (Å²) in [5.74, 6) is 3.51. The summed E-state index contributed by atoms with van der Waals surface area (Å²) in [4.78, 5) is 1.45. The molecule has 0 spiro atoms.